The lowest BCUT2D eigenvalue weighted by Gasteiger charge is -2.26. The van der Waals surface area contributed by atoms with Gasteiger partial charge in [0.1, 0.15) is 0 Å². The maximum absolute atomic E-state index is 5.55. The van der Waals surface area contributed by atoms with Crippen molar-refractivity contribution in [3.8, 4) is 0 Å². The van der Waals surface area contributed by atoms with Gasteiger partial charge in [-0.05, 0) is 34.4 Å². The molecule has 0 aliphatic rings. The number of benzene rings is 1. The van der Waals surface area contributed by atoms with Crippen molar-refractivity contribution < 1.29 is 4.74 Å². The third-order valence-corrected chi connectivity index (χ3v) is 3.20. The predicted molar refractivity (Wildman–Crippen MR) is 79.2 cm³/mol. The van der Waals surface area contributed by atoms with Crippen LogP contribution in [0.15, 0.2) is 18.2 Å². The Labute approximate surface area is 113 Å². The third kappa shape index (κ3) is 4.13. The molecule has 0 bridgehead atoms. The highest BCUT2D eigenvalue weighted by atomic mass is 16.5. The van der Waals surface area contributed by atoms with Crippen LogP contribution in [0.3, 0.4) is 0 Å². The van der Waals surface area contributed by atoms with Crippen molar-refractivity contribution in [2.24, 2.45) is 0 Å². The Morgan fingerprint density at radius 3 is 1.61 bits per heavy atom. The SMILES string of the molecule is CCOCc1cc(C(C)(C)C)cc(C(C)(C)C)c1. The van der Waals surface area contributed by atoms with E-state index in [4.69, 9.17) is 4.74 Å². The van der Waals surface area contributed by atoms with Crippen LogP contribution in [0, 0.1) is 0 Å². The van der Waals surface area contributed by atoms with Gasteiger partial charge in [-0.15, -0.1) is 0 Å². The lowest BCUT2D eigenvalue weighted by Crippen LogP contribution is -2.17. The second kappa shape index (κ2) is 5.44. The van der Waals surface area contributed by atoms with E-state index in [2.05, 4.69) is 59.7 Å². The summed E-state index contributed by atoms with van der Waals surface area (Å²) in [7, 11) is 0. The number of hydrogen-bond donors (Lipinski definition) is 0. The molecular formula is C17H28O. The van der Waals surface area contributed by atoms with E-state index in [0.717, 1.165) is 6.61 Å². The molecule has 0 saturated carbocycles. The first-order chi connectivity index (χ1) is 8.14. The monoisotopic (exact) mass is 248 g/mol. The summed E-state index contributed by atoms with van der Waals surface area (Å²) in [5.41, 5.74) is 4.44. The normalized spacial score (nSPS) is 12.8. The van der Waals surface area contributed by atoms with Gasteiger partial charge in [0.15, 0.2) is 0 Å². The highest BCUT2D eigenvalue weighted by molar-refractivity contribution is 5.37. The molecule has 1 aromatic carbocycles. The van der Waals surface area contributed by atoms with Crippen LogP contribution in [0.4, 0.5) is 0 Å². The van der Waals surface area contributed by atoms with E-state index in [0.29, 0.717) is 6.61 Å². The summed E-state index contributed by atoms with van der Waals surface area (Å²) in [6, 6.07) is 6.91. The smallest absolute Gasteiger partial charge is 0.0716 e. The third-order valence-electron chi connectivity index (χ3n) is 3.20. The van der Waals surface area contributed by atoms with Gasteiger partial charge in [0.05, 0.1) is 6.61 Å². The van der Waals surface area contributed by atoms with Gasteiger partial charge >= 0.3 is 0 Å². The molecule has 1 aromatic rings. The molecule has 0 aromatic heterocycles. The van der Waals surface area contributed by atoms with E-state index >= 15 is 0 Å². The summed E-state index contributed by atoms with van der Waals surface area (Å²) in [5, 5.41) is 0. The largest absolute Gasteiger partial charge is 0.377 e. The van der Waals surface area contributed by atoms with Gasteiger partial charge in [0.25, 0.3) is 0 Å². The van der Waals surface area contributed by atoms with Gasteiger partial charge < -0.3 is 4.74 Å². The van der Waals surface area contributed by atoms with E-state index in [-0.39, 0.29) is 10.8 Å². The molecule has 0 radical (unpaired) electrons. The van der Waals surface area contributed by atoms with E-state index in [1.807, 2.05) is 6.92 Å². The molecule has 0 aliphatic heterocycles. The fourth-order valence-corrected chi connectivity index (χ4v) is 1.86. The highest BCUT2D eigenvalue weighted by Crippen LogP contribution is 2.30. The van der Waals surface area contributed by atoms with Crippen molar-refractivity contribution in [2.45, 2.75) is 65.9 Å². The molecular weight excluding hydrogens is 220 g/mol. The van der Waals surface area contributed by atoms with Crippen LogP contribution in [-0.2, 0) is 22.2 Å². The first kappa shape index (κ1) is 15.2. The molecule has 0 saturated heterocycles. The maximum Gasteiger partial charge on any atom is 0.0716 e. The van der Waals surface area contributed by atoms with Crippen LogP contribution in [0.1, 0.15) is 65.2 Å². The molecule has 1 heteroatoms. The molecule has 102 valence electrons. The quantitative estimate of drug-likeness (QED) is 0.745. The molecule has 0 unspecified atom stereocenters. The van der Waals surface area contributed by atoms with Gasteiger partial charge in [-0.25, -0.2) is 0 Å². The summed E-state index contributed by atoms with van der Waals surface area (Å²) in [5.74, 6) is 0. The van der Waals surface area contributed by atoms with Crippen LogP contribution in [-0.4, -0.2) is 6.61 Å². The zero-order valence-electron chi connectivity index (χ0n) is 13.1. The van der Waals surface area contributed by atoms with E-state index in [9.17, 15) is 0 Å². The van der Waals surface area contributed by atoms with Gasteiger partial charge in [-0.2, -0.15) is 0 Å². The minimum atomic E-state index is 0.183. The minimum Gasteiger partial charge on any atom is -0.377 e. The maximum atomic E-state index is 5.55. The second-order valence-corrected chi connectivity index (χ2v) is 7.06. The van der Waals surface area contributed by atoms with Crippen LogP contribution in [0.2, 0.25) is 0 Å². The van der Waals surface area contributed by atoms with E-state index < -0.39 is 0 Å². The topological polar surface area (TPSA) is 9.23 Å². The molecule has 0 fully saturated rings. The Balaban J connectivity index is 3.21. The Morgan fingerprint density at radius 1 is 0.833 bits per heavy atom. The van der Waals surface area contributed by atoms with Crippen molar-refractivity contribution in [1.82, 2.24) is 0 Å². The summed E-state index contributed by atoms with van der Waals surface area (Å²) >= 11 is 0. The summed E-state index contributed by atoms with van der Waals surface area (Å²) < 4.78 is 5.55. The first-order valence-electron chi connectivity index (χ1n) is 6.87. The Morgan fingerprint density at radius 2 is 1.28 bits per heavy atom. The number of hydrogen-bond acceptors (Lipinski definition) is 1. The van der Waals surface area contributed by atoms with Crippen LogP contribution < -0.4 is 0 Å². The molecule has 1 rings (SSSR count). The van der Waals surface area contributed by atoms with Crippen LogP contribution >= 0.6 is 0 Å². The first-order valence-corrected chi connectivity index (χ1v) is 6.87. The molecule has 0 atom stereocenters. The molecule has 0 heterocycles. The Bertz CT molecular complexity index is 359. The summed E-state index contributed by atoms with van der Waals surface area (Å²) in [6.07, 6.45) is 0. The van der Waals surface area contributed by atoms with Crippen molar-refractivity contribution in [3.63, 3.8) is 0 Å². The zero-order valence-corrected chi connectivity index (χ0v) is 13.1. The van der Waals surface area contributed by atoms with Crippen molar-refractivity contribution >= 4 is 0 Å². The second-order valence-electron chi connectivity index (χ2n) is 7.06. The minimum absolute atomic E-state index is 0.183. The number of ether oxygens (including phenoxy) is 1. The fourth-order valence-electron chi connectivity index (χ4n) is 1.86. The van der Waals surface area contributed by atoms with E-state index in [1.165, 1.54) is 16.7 Å². The van der Waals surface area contributed by atoms with Gasteiger partial charge in [0.2, 0.25) is 0 Å². The van der Waals surface area contributed by atoms with E-state index in [1.54, 1.807) is 0 Å². The lowest BCUT2D eigenvalue weighted by atomic mass is 9.79. The summed E-state index contributed by atoms with van der Waals surface area (Å²) in [4.78, 5) is 0. The molecule has 0 N–H and O–H groups in total. The van der Waals surface area contributed by atoms with Gasteiger partial charge in [-0.3, -0.25) is 0 Å². The van der Waals surface area contributed by atoms with Crippen molar-refractivity contribution in [3.05, 3.63) is 34.9 Å². The Hall–Kier alpha value is -0.820. The molecule has 0 aliphatic carbocycles. The lowest BCUT2D eigenvalue weighted by molar-refractivity contribution is 0.134. The van der Waals surface area contributed by atoms with Crippen LogP contribution in [0.25, 0.3) is 0 Å². The predicted octanol–water partition coefficient (Wildman–Crippen LogP) is 4.82. The molecule has 0 spiro atoms. The molecule has 18 heavy (non-hydrogen) atoms. The van der Waals surface area contributed by atoms with Crippen LogP contribution in [0.5, 0.6) is 0 Å². The summed E-state index contributed by atoms with van der Waals surface area (Å²) in [6.45, 7) is 17.1. The number of rotatable bonds is 3. The van der Waals surface area contributed by atoms with Gasteiger partial charge in [0, 0.05) is 6.61 Å². The Kier molecular flexibility index (Phi) is 4.61. The standard InChI is InChI=1S/C17H28O/c1-8-18-12-13-9-14(16(2,3)4)11-15(10-13)17(5,6)7/h9-11H,8,12H2,1-7H3. The van der Waals surface area contributed by atoms with Gasteiger partial charge in [-0.1, -0.05) is 59.7 Å². The average molecular weight is 248 g/mol. The fraction of sp³-hybridized carbons (Fsp3) is 0.647. The highest BCUT2D eigenvalue weighted by Gasteiger charge is 2.20. The average Bonchev–Trinajstić information content (AvgIpc) is 2.23. The molecule has 1 nitrogen and oxygen atoms in total. The molecule has 0 amide bonds. The zero-order chi connectivity index (χ0) is 14.0. The van der Waals surface area contributed by atoms with Crippen molar-refractivity contribution in [2.75, 3.05) is 6.61 Å². The van der Waals surface area contributed by atoms with Crippen molar-refractivity contribution in [1.29, 1.82) is 0 Å².